The van der Waals surface area contributed by atoms with Gasteiger partial charge in [-0.1, -0.05) is 6.07 Å². The number of rotatable bonds is 3. The minimum absolute atomic E-state index is 0.0453. The molecular formula is C14H15N3O2S. The molecule has 0 unspecified atom stereocenters. The number of thiocarbonyl (C=S) groups is 1. The normalized spacial score (nSPS) is 21.9. The van der Waals surface area contributed by atoms with E-state index in [4.69, 9.17) is 12.2 Å². The molecule has 1 heterocycles. The van der Waals surface area contributed by atoms with Crippen molar-refractivity contribution in [2.75, 3.05) is 10.2 Å². The van der Waals surface area contributed by atoms with Crippen molar-refractivity contribution in [2.45, 2.75) is 25.8 Å². The second-order valence-electron chi connectivity index (χ2n) is 5.16. The highest BCUT2D eigenvalue weighted by molar-refractivity contribution is 7.80. The number of hydrogen-bond acceptors (Lipinski definition) is 3. The summed E-state index contributed by atoms with van der Waals surface area (Å²) in [5.41, 5.74) is 1.36. The predicted octanol–water partition coefficient (Wildman–Crippen LogP) is 1.64. The van der Waals surface area contributed by atoms with Gasteiger partial charge >= 0.3 is 0 Å². The number of nitrogens with one attached hydrogen (secondary N) is 2. The molecule has 2 aliphatic rings. The zero-order valence-electron chi connectivity index (χ0n) is 11.1. The molecule has 5 nitrogen and oxygen atoms in total. The van der Waals surface area contributed by atoms with Crippen LogP contribution in [-0.2, 0) is 9.59 Å². The van der Waals surface area contributed by atoms with Crippen LogP contribution in [0.5, 0.6) is 0 Å². The third-order valence-electron chi connectivity index (χ3n) is 3.45. The van der Waals surface area contributed by atoms with Gasteiger partial charge in [0, 0.05) is 11.6 Å². The lowest BCUT2D eigenvalue weighted by Gasteiger charge is -2.16. The highest BCUT2D eigenvalue weighted by Gasteiger charge is 2.33. The van der Waals surface area contributed by atoms with Gasteiger partial charge in [0.05, 0.1) is 5.69 Å². The van der Waals surface area contributed by atoms with Crippen LogP contribution in [0.3, 0.4) is 0 Å². The Kier molecular flexibility index (Phi) is 3.17. The van der Waals surface area contributed by atoms with Gasteiger partial charge in [-0.2, -0.15) is 0 Å². The molecule has 1 aromatic rings. The van der Waals surface area contributed by atoms with E-state index in [1.807, 2.05) is 6.07 Å². The van der Waals surface area contributed by atoms with Gasteiger partial charge in [-0.05, 0) is 50.2 Å². The quantitative estimate of drug-likeness (QED) is 0.831. The first kappa shape index (κ1) is 13.1. The van der Waals surface area contributed by atoms with Gasteiger partial charge in [-0.15, -0.1) is 0 Å². The second-order valence-corrected chi connectivity index (χ2v) is 5.55. The molecule has 1 saturated carbocycles. The van der Waals surface area contributed by atoms with Crippen molar-refractivity contribution < 1.29 is 9.59 Å². The summed E-state index contributed by atoms with van der Waals surface area (Å²) in [5.74, 6) is 0.111. The Bertz CT molecular complexity index is 598. The molecular weight excluding hydrogens is 274 g/mol. The monoisotopic (exact) mass is 289 g/mol. The third-order valence-corrected chi connectivity index (χ3v) is 3.75. The molecule has 2 fully saturated rings. The Balaban J connectivity index is 1.82. The van der Waals surface area contributed by atoms with E-state index in [9.17, 15) is 9.59 Å². The van der Waals surface area contributed by atoms with Crippen molar-refractivity contribution in [3.05, 3.63) is 24.3 Å². The number of benzene rings is 1. The Hall–Kier alpha value is -1.95. The molecule has 2 amide bonds. The fourth-order valence-electron chi connectivity index (χ4n) is 2.16. The van der Waals surface area contributed by atoms with Gasteiger partial charge in [0.15, 0.2) is 5.11 Å². The van der Waals surface area contributed by atoms with Crippen molar-refractivity contribution in [3.8, 4) is 0 Å². The summed E-state index contributed by atoms with van der Waals surface area (Å²) in [6.07, 6.45) is 1.92. The first-order valence-corrected chi connectivity index (χ1v) is 7.02. The van der Waals surface area contributed by atoms with Crippen molar-refractivity contribution in [2.24, 2.45) is 5.92 Å². The summed E-state index contributed by atoms with van der Waals surface area (Å²) in [5, 5.41) is 6.19. The van der Waals surface area contributed by atoms with Gasteiger partial charge in [0.25, 0.3) is 5.91 Å². The molecule has 0 spiro atoms. The van der Waals surface area contributed by atoms with Gasteiger partial charge in [0.1, 0.15) is 6.04 Å². The largest absolute Gasteiger partial charge is 0.350 e. The number of hydrogen-bond donors (Lipinski definition) is 2. The summed E-state index contributed by atoms with van der Waals surface area (Å²) in [6, 6.07) is 6.87. The van der Waals surface area contributed by atoms with E-state index in [1.54, 1.807) is 25.1 Å². The predicted molar refractivity (Wildman–Crippen MR) is 80.5 cm³/mol. The van der Waals surface area contributed by atoms with Crippen LogP contribution in [0.4, 0.5) is 11.4 Å². The number of anilines is 2. The first-order valence-electron chi connectivity index (χ1n) is 6.61. The second kappa shape index (κ2) is 4.86. The highest BCUT2D eigenvalue weighted by Crippen LogP contribution is 2.31. The van der Waals surface area contributed by atoms with Crippen molar-refractivity contribution >= 4 is 40.5 Å². The molecule has 0 radical (unpaired) electrons. The SMILES string of the molecule is C[C@H]1NC(=S)N(c2cccc(NC(=O)C3CC3)c2)C1=O. The van der Waals surface area contributed by atoms with Crippen molar-refractivity contribution in [1.29, 1.82) is 0 Å². The third kappa shape index (κ3) is 2.38. The topological polar surface area (TPSA) is 61.4 Å². The van der Waals surface area contributed by atoms with E-state index >= 15 is 0 Å². The summed E-state index contributed by atoms with van der Waals surface area (Å²) in [6.45, 7) is 1.77. The molecule has 2 N–H and O–H groups in total. The molecule has 1 aliphatic carbocycles. The van der Waals surface area contributed by atoms with Crippen molar-refractivity contribution in [1.82, 2.24) is 5.32 Å². The molecule has 1 aliphatic heterocycles. The maximum atomic E-state index is 12.1. The van der Waals surface area contributed by atoms with Crippen LogP contribution < -0.4 is 15.5 Å². The van der Waals surface area contributed by atoms with Crippen LogP contribution in [0, 0.1) is 5.92 Å². The molecule has 1 atom stereocenters. The van der Waals surface area contributed by atoms with Crippen LogP contribution in [0.25, 0.3) is 0 Å². The van der Waals surface area contributed by atoms with Crippen LogP contribution in [0.2, 0.25) is 0 Å². The lowest BCUT2D eigenvalue weighted by Crippen LogP contribution is -2.30. The summed E-state index contributed by atoms with van der Waals surface area (Å²) in [4.78, 5) is 25.3. The maximum absolute atomic E-state index is 12.1. The van der Waals surface area contributed by atoms with Crippen LogP contribution >= 0.6 is 12.2 Å². The zero-order chi connectivity index (χ0) is 14.3. The fourth-order valence-corrected chi connectivity index (χ4v) is 2.53. The van der Waals surface area contributed by atoms with Crippen LogP contribution in [0.1, 0.15) is 19.8 Å². The van der Waals surface area contributed by atoms with E-state index in [0.29, 0.717) is 16.5 Å². The number of amides is 2. The van der Waals surface area contributed by atoms with E-state index in [0.717, 1.165) is 12.8 Å². The molecule has 3 rings (SSSR count). The molecule has 1 aromatic carbocycles. The van der Waals surface area contributed by atoms with Crippen molar-refractivity contribution in [3.63, 3.8) is 0 Å². The van der Waals surface area contributed by atoms with Crippen LogP contribution in [-0.4, -0.2) is 23.0 Å². The standard InChI is InChI=1S/C14H15N3O2S/c1-8-13(19)17(14(20)15-8)11-4-2-3-10(7-11)16-12(18)9-5-6-9/h2-4,7-9H,5-6H2,1H3,(H,15,20)(H,16,18)/t8-/m1/s1. The van der Waals surface area contributed by atoms with Crippen LogP contribution in [0.15, 0.2) is 24.3 Å². The van der Waals surface area contributed by atoms with E-state index in [2.05, 4.69) is 10.6 Å². The fraction of sp³-hybridized carbons (Fsp3) is 0.357. The molecule has 0 aromatic heterocycles. The zero-order valence-corrected chi connectivity index (χ0v) is 11.9. The lowest BCUT2D eigenvalue weighted by atomic mass is 10.2. The molecule has 1 saturated heterocycles. The number of nitrogens with zero attached hydrogens (tertiary/aromatic N) is 1. The summed E-state index contributed by atoms with van der Waals surface area (Å²) < 4.78 is 0. The summed E-state index contributed by atoms with van der Waals surface area (Å²) >= 11 is 5.17. The first-order chi connectivity index (χ1) is 9.56. The molecule has 104 valence electrons. The lowest BCUT2D eigenvalue weighted by molar-refractivity contribution is -0.118. The van der Waals surface area contributed by atoms with E-state index < -0.39 is 0 Å². The van der Waals surface area contributed by atoms with Gasteiger partial charge in [-0.3, -0.25) is 14.5 Å². The maximum Gasteiger partial charge on any atom is 0.255 e. The Morgan fingerprint density at radius 2 is 2.20 bits per heavy atom. The number of carbonyl (C=O) groups is 2. The number of carbonyl (C=O) groups excluding carboxylic acids is 2. The highest BCUT2D eigenvalue weighted by atomic mass is 32.1. The Morgan fingerprint density at radius 3 is 2.80 bits per heavy atom. The Morgan fingerprint density at radius 1 is 1.45 bits per heavy atom. The van der Waals surface area contributed by atoms with E-state index in [1.165, 1.54) is 4.90 Å². The summed E-state index contributed by atoms with van der Waals surface area (Å²) in [7, 11) is 0. The molecule has 6 heteroatoms. The Labute approximate surface area is 122 Å². The van der Waals surface area contributed by atoms with Gasteiger partial charge < -0.3 is 10.6 Å². The average Bonchev–Trinajstić information content (AvgIpc) is 3.19. The minimum Gasteiger partial charge on any atom is -0.350 e. The smallest absolute Gasteiger partial charge is 0.255 e. The minimum atomic E-state index is -0.313. The average molecular weight is 289 g/mol. The van der Waals surface area contributed by atoms with E-state index in [-0.39, 0.29) is 23.8 Å². The molecule has 0 bridgehead atoms. The van der Waals surface area contributed by atoms with Gasteiger partial charge in [0.2, 0.25) is 5.91 Å². The van der Waals surface area contributed by atoms with Gasteiger partial charge in [-0.25, -0.2) is 0 Å². The molecule has 20 heavy (non-hydrogen) atoms.